The fourth-order valence-corrected chi connectivity index (χ4v) is 4.95. The molecule has 0 radical (unpaired) electrons. The molecular weight excluding hydrogens is 398 g/mol. The first-order valence-electron chi connectivity index (χ1n) is 9.96. The van der Waals surface area contributed by atoms with E-state index < -0.39 is 10.0 Å². The van der Waals surface area contributed by atoms with Crippen molar-refractivity contribution in [2.45, 2.75) is 17.9 Å². The predicted molar refractivity (Wildman–Crippen MR) is 117 cm³/mol. The summed E-state index contributed by atoms with van der Waals surface area (Å²) < 4.78 is 34.4. The van der Waals surface area contributed by atoms with Crippen molar-refractivity contribution in [3.8, 4) is 5.75 Å². The van der Waals surface area contributed by atoms with E-state index >= 15 is 0 Å². The van der Waals surface area contributed by atoms with Gasteiger partial charge in [0.25, 0.3) is 0 Å². The SMILES string of the molecule is CN1CCOc2ccc(S(=O)(=O)N(CCc3ccccn3)Cc3ccccc3)cc21. The molecule has 2 heterocycles. The van der Waals surface area contributed by atoms with Gasteiger partial charge in [-0.1, -0.05) is 36.4 Å². The number of ether oxygens (including phenoxy) is 1. The second kappa shape index (κ2) is 8.85. The second-order valence-corrected chi connectivity index (χ2v) is 9.23. The Morgan fingerprint density at radius 1 is 1.07 bits per heavy atom. The molecule has 30 heavy (non-hydrogen) atoms. The van der Waals surface area contributed by atoms with Crippen molar-refractivity contribution >= 4 is 15.7 Å². The second-order valence-electron chi connectivity index (χ2n) is 7.29. The molecule has 2 aromatic carbocycles. The van der Waals surface area contributed by atoms with E-state index in [4.69, 9.17) is 4.74 Å². The van der Waals surface area contributed by atoms with E-state index in [1.807, 2.05) is 60.5 Å². The zero-order valence-corrected chi connectivity index (χ0v) is 17.8. The van der Waals surface area contributed by atoms with Crippen LogP contribution in [0.25, 0.3) is 0 Å². The monoisotopic (exact) mass is 423 g/mol. The number of anilines is 1. The van der Waals surface area contributed by atoms with E-state index in [-0.39, 0.29) is 4.90 Å². The van der Waals surface area contributed by atoms with Crippen LogP contribution in [0.1, 0.15) is 11.3 Å². The van der Waals surface area contributed by atoms with Gasteiger partial charge in [0.2, 0.25) is 10.0 Å². The van der Waals surface area contributed by atoms with E-state index in [2.05, 4.69) is 4.98 Å². The molecule has 0 spiro atoms. The summed E-state index contributed by atoms with van der Waals surface area (Å²) >= 11 is 0. The van der Waals surface area contributed by atoms with Gasteiger partial charge in [0.15, 0.2) is 0 Å². The van der Waals surface area contributed by atoms with Crippen LogP contribution in [0.15, 0.2) is 77.8 Å². The average Bonchev–Trinajstić information content (AvgIpc) is 2.78. The lowest BCUT2D eigenvalue weighted by atomic mass is 10.2. The lowest BCUT2D eigenvalue weighted by molar-refractivity contribution is 0.311. The highest BCUT2D eigenvalue weighted by Crippen LogP contribution is 2.34. The van der Waals surface area contributed by atoms with Gasteiger partial charge in [-0.05, 0) is 35.9 Å². The summed E-state index contributed by atoms with van der Waals surface area (Å²) in [7, 11) is -1.76. The molecule has 1 aromatic heterocycles. The minimum absolute atomic E-state index is 0.274. The molecule has 1 aliphatic heterocycles. The van der Waals surface area contributed by atoms with Crippen LogP contribution in [0.2, 0.25) is 0 Å². The van der Waals surface area contributed by atoms with Crippen molar-refractivity contribution in [1.29, 1.82) is 0 Å². The zero-order valence-electron chi connectivity index (χ0n) is 16.9. The number of pyridine rings is 1. The normalized spacial score (nSPS) is 13.7. The molecular formula is C23H25N3O3S. The molecule has 6 nitrogen and oxygen atoms in total. The fraction of sp³-hybridized carbons (Fsp3) is 0.261. The summed E-state index contributed by atoms with van der Waals surface area (Å²) in [4.78, 5) is 6.63. The molecule has 0 saturated heterocycles. The lowest BCUT2D eigenvalue weighted by Gasteiger charge is -2.29. The van der Waals surface area contributed by atoms with Gasteiger partial charge in [0, 0.05) is 38.4 Å². The third-order valence-corrected chi connectivity index (χ3v) is 7.05. The third kappa shape index (κ3) is 4.47. The molecule has 3 aromatic rings. The molecule has 0 unspecified atom stereocenters. The topological polar surface area (TPSA) is 62.7 Å². The van der Waals surface area contributed by atoms with Gasteiger partial charge in [-0.2, -0.15) is 4.31 Å². The van der Waals surface area contributed by atoms with Gasteiger partial charge in [-0.25, -0.2) is 8.42 Å². The maximum atomic E-state index is 13.6. The van der Waals surface area contributed by atoms with E-state index in [1.165, 1.54) is 4.31 Å². The van der Waals surface area contributed by atoms with Crippen LogP contribution in [0.3, 0.4) is 0 Å². The van der Waals surface area contributed by atoms with Gasteiger partial charge >= 0.3 is 0 Å². The number of fused-ring (bicyclic) bond motifs is 1. The summed E-state index contributed by atoms with van der Waals surface area (Å²) in [5.41, 5.74) is 2.61. The van der Waals surface area contributed by atoms with Crippen LogP contribution in [-0.4, -0.2) is 44.5 Å². The highest BCUT2D eigenvalue weighted by Gasteiger charge is 2.27. The van der Waals surface area contributed by atoms with Gasteiger partial charge in [0.1, 0.15) is 12.4 Å². The maximum absolute atomic E-state index is 13.6. The van der Waals surface area contributed by atoms with E-state index in [0.29, 0.717) is 31.9 Å². The van der Waals surface area contributed by atoms with Crippen LogP contribution < -0.4 is 9.64 Å². The average molecular weight is 424 g/mol. The van der Waals surface area contributed by atoms with E-state index in [9.17, 15) is 8.42 Å². The van der Waals surface area contributed by atoms with Crippen LogP contribution in [0.5, 0.6) is 5.75 Å². The summed E-state index contributed by atoms with van der Waals surface area (Å²) in [6, 6.07) is 20.4. The number of hydrogen-bond donors (Lipinski definition) is 0. The molecule has 0 amide bonds. The molecule has 156 valence electrons. The Labute approximate surface area is 177 Å². The molecule has 4 rings (SSSR count). The molecule has 0 atom stereocenters. The van der Waals surface area contributed by atoms with Crippen LogP contribution in [0.4, 0.5) is 5.69 Å². The van der Waals surface area contributed by atoms with Crippen molar-refractivity contribution in [1.82, 2.24) is 9.29 Å². The first kappa shape index (κ1) is 20.4. The Morgan fingerprint density at radius 2 is 1.87 bits per heavy atom. The highest BCUT2D eigenvalue weighted by atomic mass is 32.2. The number of nitrogens with zero attached hydrogens (tertiary/aromatic N) is 3. The smallest absolute Gasteiger partial charge is 0.243 e. The number of rotatable bonds is 7. The summed E-state index contributed by atoms with van der Waals surface area (Å²) in [6.45, 7) is 1.97. The van der Waals surface area contributed by atoms with Crippen molar-refractivity contribution < 1.29 is 13.2 Å². The summed E-state index contributed by atoms with van der Waals surface area (Å²) in [5.74, 6) is 0.714. The number of likely N-dealkylation sites (N-methyl/N-ethyl adjacent to an activating group) is 1. The molecule has 0 N–H and O–H groups in total. The molecule has 0 saturated carbocycles. The van der Waals surface area contributed by atoms with Crippen LogP contribution >= 0.6 is 0 Å². The van der Waals surface area contributed by atoms with Gasteiger partial charge in [0.05, 0.1) is 17.1 Å². The minimum atomic E-state index is -3.70. The molecule has 0 fully saturated rings. The van der Waals surface area contributed by atoms with Crippen molar-refractivity contribution in [3.05, 3.63) is 84.2 Å². The number of benzene rings is 2. The Bertz CT molecular complexity index is 1090. The highest BCUT2D eigenvalue weighted by molar-refractivity contribution is 7.89. The maximum Gasteiger partial charge on any atom is 0.243 e. The van der Waals surface area contributed by atoms with Gasteiger partial charge in [-0.15, -0.1) is 0 Å². The van der Waals surface area contributed by atoms with Crippen LogP contribution in [0, 0.1) is 0 Å². The van der Waals surface area contributed by atoms with E-state index in [0.717, 1.165) is 23.5 Å². The molecule has 1 aliphatic rings. The standard InChI is InChI=1S/C23H25N3O3S/c1-25-15-16-29-23-11-10-21(17-22(23)25)30(27,28)26(18-19-7-3-2-4-8-19)14-12-20-9-5-6-13-24-20/h2-11,13,17H,12,14-16,18H2,1H3. The lowest BCUT2D eigenvalue weighted by Crippen LogP contribution is -2.33. The first-order valence-corrected chi connectivity index (χ1v) is 11.4. The minimum Gasteiger partial charge on any atom is -0.490 e. The van der Waals surface area contributed by atoms with Crippen LogP contribution in [-0.2, 0) is 23.0 Å². The first-order chi connectivity index (χ1) is 14.5. The summed E-state index contributed by atoms with van der Waals surface area (Å²) in [5, 5.41) is 0. The number of hydrogen-bond acceptors (Lipinski definition) is 5. The van der Waals surface area contributed by atoms with Crippen molar-refractivity contribution in [2.24, 2.45) is 0 Å². The Kier molecular flexibility index (Phi) is 6.01. The van der Waals surface area contributed by atoms with Gasteiger partial charge in [-0.3, -0.25) is 4.98 Å². The summed E-state index contributed by atoms with van der Waals surface area (Å²) in [6.07, 6.45) is 2.27. The predicted octanol–water partition coefficient (Wildman–Crippen LogP) is 3.34. The largest absolute Gasteiger partial charge is 0.490 e. The molecule has 0 bridgehead atoms. The fourth-order valence-electron chi connectivity index (χ4n) is 3.50. The van der Waals surface area contributed by atoms with Crippen molar-refractivity contribution in [3.63, 3.8) is 0 Å². The van der Waals surface area contributed by atoms with Crippen molar-refractivity contribution in [2.75, 3.05) is 31.6 Å². The Hall–Kier alpha value is -2.90. The molecule has 7 heteroatoms. The van der Waals surface area contributed by atoms with E-state index in [1.54, 1.807) is 24.4 Å². The number of aromatic nitrogens is 1. The molecule has 0 aliphatic carbocycles. The Balaban J connectivity index is 1.65. The van der Waals surface area contributed by atoms with Gasteiger partial charge < -0.3 is 9.64 Å². The number of sulfonamides is 1. The third-order valence-electron chi connectivity index (χ3n) is 5.21. The Morgan fingerprint density at radius 3 is 2.63 bits per heavy atom. The quantitative estimate of drug-likeness (QED) is 0.583. The zero-order chi connectivity index (χ0) is 21.0.